The van der Waals surface area contributed by atoms with Crippen LogP contribution in [0, 0.1) is 23.2 Å². The van der Waals surface area contributed by atoms with Crippen LogP contribution in [0.5, 0.6) is 0 Å². The summed E-state index contributed by atoms with van der Waals surface area (Å²) in [4.78, 5) is 0. The molecule has 1 atom stereocenters. The van der Waals surface area contributed by atoms with Crippen molar-refractivity contribution >= 4 is 0 Å². The van der Waals surface area contributed by atoms with Crippen LogP contribution in [0.1, 0.15) is 84.0 Å². The molecule has 0 aliphatic heterocycles. The van der Waals surface area contributed by atoms with Gasteiger partial charge >= 0.3 is 0 Å². The van der Waals surface area contributed by atoms with E-state index in [0.29, 0.717) is 0 Å². The maximum atomic E-state index is 2.50. The summed E-state index contributed by atoms with van der Waals surface area (Å²) in [6.45, 7) is 2.50. The molecule has 17 heavy (non-hydrogen) atoms. The molecule has 0 heterocycles. The summed E-state index contributed by atoms with van der Waals surface area (Å²) >= 11 is 0. The van der Waals surface area contributed by atoms with Crippen LogP contribution in [0.4, 0.5) is 0 Å². The molecular formula is C17H30. The van der Waals surface area contributed by atoms with E-state index in [0.717, 1.165) is 23.2 Å². The van der Waals surface area contributed by atoms with E-state index in [-0.39, 0.29) is 0 Å². The van der Waals surface area contributed by atoms with Crippen LogP contribution in [0.3, 0.4) is 0 Å². The van der Waals surface area contributed by atoms with E-state index in [1.54, 1.807) is 51.4 Å². The third-order valence-corrected chi connectivity index (χ3v) is 6.24. The summed E-state index contributed by atoms with van der Waals surface area (Å²) in [6, 6.07) is 0. The molecule has 0 aromatic heterocycles. The SMILES string of the molecule is CCC(CC1CCC1)(CC1CC1)C1CCCC1. The minimum Gasteiger partial charge on any atom is -0.0648 e. The van der Waals surface area contributed by atoms with Crippen LogP contribution < -0.4 is 0 Å². The minimum atomic E-state index is 0.781. The van der Waals surface area contributed by atoms with Crippen molar-refractivity contribution in [1.82, 2.24) is 0 Å². The largest absolute Gasteiger partial charge is 0.0648 e. The maximum absolute atomic E-state index is 2.50. The first kappa shape index (κ1) is 12.1. The highest BCUT2D eigenvalue weighted by Gasteiger charge is 2.44. The van der Waals surface area contributed by atoms with Gasteiger partial charge in [0.25, 0.3) is 0 Å². The molecule has 0 saturated heterocycles. The van der Waals surface area contributed by atoms with Crippen LogP contribution in [-0.4, -0.2) is 0 Å². The first-order chi connectivity index (χ1) is 8.32. The van der Waals surface area contributed by atoms with Gasteiger partial charge in [0, 0.05) is 0 Å². The monoisotopic (exact) mass is 234 g/mol. The zero-order valence-electron chi connectivity index (χ0n) is 11.7. The van der Waals surface area contributed by atoms with Crippen molar-refractivity contribution in [2.45, 2.75) is 84.0 Å². The van der Waals surface area contributed by atoms with Gasteiger partial charge in [-0.05, 0) is 48.9 Å². The van der Waals surface area contributed by atoms with Gasteiger partial charge in [-0.3, -0.25) is 0 Å². The van der Waals surface area contributed by atoms with E-state index in [4.69, 9.17) is 0 Å². The lowest BCUT2D eigenvalue weighted by molar-refractivity contribution is 0.0673. The third-order valence-electron chi connectivity index (χ3n) is 6.24. The van der Waals surface area contributed by atoms with Crippen LogP contribution >= 0.6 is 0 Å². The molecule has 0 N–H and O–H groups in total. The Hall–Kier alpha value is 0. The lowest BCUT2D eigenvalue weighted by Crippen LogP contribution is -2.33. The fraction of sp³-hybridized carbons (Fsp3) is 1.00. The minimum absolute atomic E-state index is 0.781. The van der Waals surface area contributed by atoms with Crippen molar-refractivity contribution in [3.63, 3.8) is 0 Å². The molecule has 0 spiro atoms. The number of hydrogen-bond acceptors (Lipinski definition) is 0. The van der Waals surface area contributed by atoms with Gasteiger partial charge in [-0.1, -0.05) is 58.3 Å². The quantitative estimate of drug-likeness (QED) is 0.564. The second-order valence-corrected chi connectivity index (χ2v) is 7.35. The van der Waals surface area contributed by atoms with Crippen molar-refractivity contribution in [1.29, 1.82) is 0 Å². The zero-order chi connectivity index (χ0) is 11.7. The standard InChI is InChI=1S/C17H30/c1-2-17(13-15-10-11-15,12-14-6-5-7-14)16-8-3-4-9-16/h14-16H,2-13H2,1H3. The molecule has 0 heteroatoms. The molecule has 3 saturated carbocycles. The molecule has 3 aliphatic carbocycles. The molecule has 3 fully saturated rings. The Labute approximate surface area is 108 Å². The van der Waals surface area contributed by atoms with Crippen LogP contribution in [0.2, 0.25) is 0 Å². The first-order valence-corrected chi connectivity index (χ1v) is 8.32. The van der Waals surface area contributed by atoms with Crippen LogP contribution in [0.25, 0.3) is 0 Å². The van der Waals surface area contributed by atoms with Crippen molar-refractivity contribution in [2.24, 2.45) is 23.2 Å². The van der Waals surface area contributed by atoms with Gasteiger partial charge in [-0.25, -0.2) is 0 Å². The molecule has 0 radical (unpaired) electrons. The molecule has 1 unspecified atom stereocenters. The normalized spacial score (nSPS) is 30.2. The lowest BCUT2D eigenvalue weighted by Gasteiger charge is -2.44. The Bertz CT molecular complexity index is 243. The van der Waals surface area contributed by atoms with E-state index in [1.807, 2.05) is 0 Å². The predicted molar refractivity (Wildman–Crippen MR) is 74.0 cm³/mol. The van der Waals surface area contributed by atoms with E-state index < -0.39 is 0 Å². The van der Waals surface area contributed by atoms with Gasteiger partial charge in [-0.2, -0.15) is 0 Å². The highest BCUT2D eigenvalue weighted by atomic mass is 14.5. The smallest absolute Gasteiger partial charge is 0.0267 e. The second-order valence-electron chi connectivity index (χ2n) is 7.35. The number of rotatable bonds is 6. The molecule has 0 nitrogen and oxygen atoms in total. The van der Waals surface area contributed by atoms with Crippen LogP contribution in [0.15, 0.2) is 0 Å². The Kier molecular flexibility index (Phi) is 3.50. The molecule has 98 valence electrons. The first-order valence-electron chi connectivity index (χ1n) is 8.32. The molecule has 0 aromatic carbocycles. The van der Waals surface area contributed by atoms with Gasteiger partial charge < -0.3 is 0 Å². The van der Waals surface area contributed by atoms with Crippen molar-refractivity contribution < 1.29 is 0 Å². The number of hydrogen-bond donors (Lipinski definition) is 0. The lowest BCUT2D eigenvalue weighted by atomic mass is 9.61. The fourth-order valence-electron chi connectivity index (χ4n) is 4.70. The van der Waals surface area contributed by atoms with Gasteiger partial charge in [0.15, 0.2) is 0 Å². The van der Waals surface area contributed by atoms with E-state index in [2.05, 4.69) is 6.92 Å². The molecule has 0 bridgehead atoms. The topological polar surface area (TPSA) is 0 Å². The van der Waals surface area contributed by atoms with Crippen molar-refractivity contribution in [3.05, 3.63) is 0 Å². The highest BCUT2D eigenvalue weighted by molar-refractivity contribution is 4.95. The van der Waals surface area contributed by atoms with Gasteiger partial charge in [-0.15, -0.1) is 0 Å². The molecule has 0 aromatic rings. The van der Waals surface area contributed by atoms with E-state index in [1.165, 1.54) is 25.7 Å². The van der Waals surface area contributed by atoms with E-state index >= 15 is 0 Å². The summed E-state index contributed by atoms with van der Waals surface area (Å²) in [5.74, 6) is 3.36. The van der Waals surface area contributed by atoms with E-state index in [9.17, 15) is 0 Å². The average molecular weight is 234 g/mol. The molecular weight excluding hydrogens is 204 g/mol. The zero-order valence-corrected chi connectivity index (χ0v) is 11.7. The summed E-state index contributed by atoms with van der Waals surface area (Å²) in [5, 5.41) is 0. The Morgan fingerprint density at radius 2 is 1.35 bits per heavy atom. The van der Waals surface area contributed by atoms with Crippen molar-refractivity contribution in [3.8, 4) is 0 Å². The molecule has 3 rings (SSSR count). The summed E-state index contributed by atoms with van der Waals surface area (Å²) in [6.07, 6.45) is 18.6. The van der Waals surface area contributed by atoms with Gasteiger partial charge in [0.2, 0.25) is 0 Å². The average Bonchev–Trinajstić information content (AvgIpc) is 2.92. The van der Waals surface area contributed by atoms with Crippen LogP contribution in [-0.2, 0) is 0 Å². The van der Waals surface area contributed by atoms with Gasteiger partial charge in [0.05, 0.1) is 0 Å². The molecule has 0 amide bonds. The summed E-state index contributed by atoms with van der Waals surface area (Å²) in [7, 11) is 0. The summed E-state index contributed by atoms with van der Waals surface area (Å²) in [5.41, 5.74) is 0.781. The van der Waals surface area contributed by atoms with Gasteiger partial charge in [0.1, 0.15) is 0 Å². The maximum Gasteiger partial charge on any atom is -0.0267 e. The highest BCUT2D eigenvalue weighted by Crippen LogP contribution is 2.55. The Morgan fingerprint density at radius 3 is 1.76 bits per heavy atom. The Morgan fingerprint density at radius 1 is 0.765 bits per heavy atom. The summed E-state index contributed by atoms with van der Waals surface area (Å²) < 4.78 is 0. The molecule has 3 aliphatic rings. The predicted octanol–water partition coefficient (Wildman–Crippen LogP) is 5.56. The third kappa shape index (κ3) is 2.56. The fourth-order valence-corrected chi connectivity index (χ4v) is 4.70. The Balaban J connectivity index is 1.69. The van der Waals surface area contributed by atoms with Crippen molar-refractivity contribution in [2.75, 3.05) is 0 Å². The second kappa shape index (κ2) is 4.94.